The highest BCUT2D eigenvalue weighted by Crippen LogP contribution is 2.29. The monoisotopic (exact) mass is 257 g/mol. The number of ether oxygens (including phenoxy) is 1. The first-order valence-electron chi connectivity index (χ1n) is 5.10. The molecular formula is C11H12FNO5. The summed E-state index contributed by atoms with van der Waals surface area (Å²) < 4.78 is 18.3. The van der Waals surface area contributed by atoms with Crippen molar-refractivity contribution in [2.75, 3.05) is 7.11 Å². The molecule has 0 spiro atoms. The maximum absolute atomic E-state index is 13.5. The van der Waals surface area contributed by atoms with Gasteiger partial charge >= 0.3 is 5.97 Å². The number of hydrogen-bond donors (Lipinski definition) is 1. The molecule has 0 fully saturated rings. The SMILES string of the molecule is COc1c(F)cc([N+](=O)[O-])cc1CC(C)C(=O)O. The van der Waals surface area contributed by atoms with Gasteiger partial charge in [-0.3, -0.25) is 14.9 Å². The van der Waals surface area contributed by atoms with Gasteiger partial charge in [0, 0.05) is 11.6 Å². The van der Waals surface area contributed by atoms with Gasteiger partial charge in [-0.2, -0.15) is 0 Å². The number of rotatable bonds is 5. The topological polar surface area (TPSA) is 89.7 Å². The van der Waals surface area contributed by atoms with Crippen molar-refractivity contribution >= 4 is 11.7 Å². The minimum Gasteiger partial charge on any atom is -0.493 e. The van der Waals surface area contributed by atoms with Crippen molar-refractivity contribution in [2.45, 2.75) is 13.3 Å². The third kappa shape index (κ3) is 2.93. The molecule has 0 bridgehead atoms. The van der Waals surface area contributed by atoms with Gasteiger partial charge in [0.1, 0.15) is 0 Å². The van der Waals surface area contributed by atoms with E-state index in [0.29, 0.717) is 0 Å². The van der Waals surface area contributed by atoms with E-state index >= 15 is 0 Å². The minimum atomic E-state index is -1.07. The average Bonchev–Trinajstić information content (AvgIpc) is 2.28. The van der Waals surface area contributed by atoms with Crippen LogP contribution in [0.2, 0.25) is 0 Å². The highest BCUT2D eigenvalue weighted by Gasteiger charge is 2.21. The standard InChI is InChI=1S/C11H12FNO5/c1-6(11(14)15)3-7-4-8(13(16)17)5-9(12)10(7)18-2/h4-6H,3H2,1-2H3,(H,14,15). The van der Waals surface area contributed by atoms with E-state index in [9.17, 15) is 19.3 Å². The zero-order valence-electron chi connectivity index (χ0n) is 9.84. The second kappa shape index (κ2) is 5.44. The van der Waals surface area contributed by atoms with E-state index in [1.807, 2.05) is 0 Å². The molecule has 0 aromatic heterocycles. The third-order valence-electron chi connectivity index (χ3n) is 2.47. The number of nitrogens with zero attached hydrogens (tertiary/aromatic N) is 1. The fourth-order valence-electron chi connectivity index (χ4n) is 1.54. The van der Waals surface area contributed by atoms with Gasteiger partial charge < -0.3 is 9.84 Å². The zero-order chi connectivity index (χ0) is 13.9. The first-order valence-corrected chi connectivity index (χ1v) is 5.10. The fraction of sp³-hybridized carbons (Fsp3) is 0.364. The smallest absolute Gasteiger partial charge is 0.306 e. The van der Waals surface area contributed by atoms with Gasteiger partial charge in [-0.05, 0) is 6.42 Å². The molecule has 0 radical (unpaired) electrons. The Hall–Kier alpha value is -2.18. The summed E-state index contributed by atoms with van der Waals surface area (Å²) in [5.41, 5.74) is -0.264. The number of carboxylic acids is 1. The maximum atomic E-state index is 13.5. The van der Waals surface area contributed by atoms with Crippen LogP contribution in [0, 0.1) is 21.8 Å². The van der Waals surface area contributed by atoms with Gasteiger partial charge in [-0.15, -0.1) is 0 Å². The Morgan fingerprint density at radius 1 is 1.61 bits per heavy atom. The summed E-state index contributed by atoms with van der Waals surface area (Å²) >= 11 is 0. The number of nitro groups is 1. The zero-order valence-corrected chi connectivity index (χ0v) is 9.84. The lowest BCUT2D eigenvalue weighted by Crippen LogP contribution is -2.13. The van der Waals surface area contributed by atoms with Crippen LogP contribution in [-0.4, -0.2) is 23.1 Å². The van der Waals surface area contributed by atoms with E-state index < -0.39 is 28.3 Å². The Kier molecular flexibility index (Phi) is 4.19. The quantitative estimate of drug-likeness (QED) is 0.643. The molecule has 7 heteroatoms. The molecule has 0 aliphatic rings. The van der Waals surface area contributed by atoms with Crippen LogP contribution in [0.1, 0.15) is 12.5 Å². The molecule has 0 saturated heterocycles. The van der Waals surface area contributed by atoms with Crippen molar-refractivity contribution in [3.05, 3.63) is 33.6 Å². The molecule has 1 aromatic carbocycles. The highest BCUT2D eigenvalue weighted by atomic mass is 19.1. The van der Waals surface area contributed by atoms with Crippen molar-refractivity contribution in [2.24, 2.45) is 5.92 Å². The van der Waals surface area contributed by atoms with Crippen molar-refractivity contribution in [3.63, 3.8) is 0 Å². The molecule has 1 atom stereocenters. The predicted molar refractivity (Wildman–Crippen MR) is 60.1 cm³/mol. The summed E-state index contributed by atoms with van der Waals surface area (Å²) in [4.78, 5) is 20.6. The van der Waals surface area contributed by atoms with E-state index in [1.165, 1.54) is 14.0 Å². The number of benzene rings is 1. The Morgan fingerprint density at radius 3 is 2.67 bits per heavy atom. The summed E-state index contributed by atoms with van der Waals surface area (Å²) in [6.07, 6.45) is -0.0445. The lowest BCUT2D eigenvalue weighted by atomic mass is 10.00. The Bertz CT molecular complexity index is 489. The van der Waals surface area contributed by atoms with E-state index in [1.54, 1.807) is 0 Å². The Morgan fingerprint density at radius 2 is 2.22 bits per heavy atom. The second-order valence-corrected chi connectivity index (χ2v) is 3.82. The molecule has 0 heterocycles. The fourth-order valence-corrected chi connectivity index (χ4v) is 1.54. The number of nitro benzene ring substituents is 1. The van der Waals surface area contributed by atoms with Crippen molar-refractivity contribution < 1.29 is 24.0 Å². The van der Waals surface area contributed by atoms with Crippen LogP contribution in [0.25, 0.3) is 0 Å². The lowest BCUT2D eigenvalue weighted by molar-refractivity contribution is -0.385. The second-order valence-electron chi connectivity index (χ2n) is 3.82. The van der Waals surface area contributed by atoms with Crippen LogP contribution in [0.4, 0.5) is 10.1 Å². The molecular weight excluding hydrogens is 245 g/mol. The van der Waals surface area contributed by atoms with Gasteiger partial charge in [0.25, 0.3) is 5.69 Å². The number of carbonyl (C=O) groups is 1. The van der Waals surface area contributed by atoms with Gasteiger partial charge in [0.05, 0.1) is 24.0 Å². The van der Waals surface area contributed by atoms with Crippen LogP contribution in [0.5, 0.6) is 5.75 Å². The number of hydrogen-bond acceptors (Lipinski definition) is 4. The first-order chi connectivity index (χ1) is 8.36. The number of aliphatic carboxylic acids is 1. The van der Waals surface area contributed by atoms with E-state index in [-0.39, 0.29) is 17.7 Å². The maximum Gasteiger partial charge on any atom is 0.306 e. The van der Waals surface area contributed by atoms with Crippen molar-refractivity contribution in [3.8, 4) is 5.75 Å². The van der Waals surface area contributed by atoms with Gasteiger partial charge in [0.15, 0.2) is 11.6 Å². The molecule has 1 rings (SSSR count). The summed E-state index contributed by atoms with van der Waals surface area (Å²) in [6.45, 7) is 1.43. The predicted octanol–water partition coefficient (Wildman–Crippen LogP) is 2.01. The van der Waals surface area contributed by atoms with Crippen molar-refractivity contribution in [1.29, 1.82) is 0 Å². The van der Waals surface area contributed by atoms with Crippen molar-refractivity contribution in [1.82, 2.24) is 0 Å². The summed E-state index contributed by atoms with van der Waals surface area (Å²) in [6, 6.07) is 1.87. The van der Waals surface area contributed by atoms with E-state index in [0.717, 1.165) is 12.1 Å². The van der Waals surface area contributed by atoms with Crippen LogP contribution < -0.4 is 4.74 Å². The van der Waals surface area contributed by atoms with Gasteiger partial charge in [-0.25, -0.2) is 4.39 Å². The number of methoxy groups -OCH3 is 1. The molecule has 1 unspecified atom stereocenters. The van der Waals surface area contributed by atoms with Crippen LogP contribution in [0.3, 0.4) is 0 Å². The van der Waals surface area contributed by atoms with Crippen LogP contribution >= 0.6 is 0 Å². The number of carboxylic acid groups (broad SMARTS) is 1. The molecule has 0 amide bonds. The summed E-state index contributed by atoms with van der Waals surface area (Å²) in [5.74, 6) is -2.89. The number of halogens is 1. The molecule has 1 aromatic rings. The molecule has 98 valence electrons. The van der Waals surface area contributed by atoms with Crippen LogP contribution in [0.15, 0.2) is 12.1 Å². The minimum absolute atomic E-state index is 0.0445. The third-order valence-corrected chi connectivity index (χ3v) is 2.47. The molecule has 1 N–H and O–H groups in total. The molecule has 18 heavy (non-hydrogen) atoms. The number of non-ortho nitro benzene ring substituents is 1. The largest absolute Gasteiger partial charge is 0.493 e. The lowest BCUT2D eigenvalue weighted by Gasteiger charge is -2.11. The average molecular weight is 257 g/mol. The van der Waals surface area contributed by atoms with Gasteiger partial charge in [0.2, 0.25) is 0 Å². The molecule has 0 aliphatic heterocycles. The molecule has 0 aliphatic carbocycles. The molecule has 0 saturated carbocycles. The highest BCUT2D eigenvalue weighted by molar-refractivity contribution is 5.70. The summed E-state index contributed by atoms with van der Waals surface area (Å²) in [7, 11) is 1.22. The Labute approximate surface area is 102 Å². The normalized spacial score (nSPS) is 11.9. The molecule has 6 nitrogen and oxygen atoms in total. The van der Waals surface area contributed by atoms with E-state index in [2.05, 4.69) is 0 Å². The van der Waals surface area contributed by atoms with Crippen LogP contribution in [-0.2, 0) is 11.2 Å². The Balaban J connectivity index is 3.22. The first kappa shape index (κ1) is 13.9. The summed E-state index contributed by atoms with van der Waals surface area (Å²) in [5, 5.41) is 19.4. The van der Waals surface area contributed by atoms with Gasteiger partial charge in [-0.1, -0.05) is 6.92 Å². The van der Waals surface area contributed by atoms with E-state index in [4.69, 9.17) is 9.84 Å².